The van der Waals surface area contributed by atoms with E-state index in [4.69, 9.17) is 17.4 Å². The van der Waals surface area contributed by atoms with Gasteiger partial charge < -0.3 is 0 Å². The Kier molecular flexibility index (Phi) is 4.78. The number of hydrazine groups is 1. The van der Waals surface area contributed by atoms with Crippen LogP contribution >= 0.6 is 27.5 Å². The van der Waals surface area contributed by atoms with Gasteiger partial charge in [-0.1, -0.05) is 57.9 Å². The largest absolute Gasteiger partial charge is 0.271 e. The van der Waals surface area contributed by atoms with E-state index in [0.29, 0.717) is 0 Å². The molecule has 0 aliphatic carbocycles. The Morgan fingerprint density at radius 3 is 2.39 bits per heavy atom. The van der Waals surface area contributed by atoms with Crippen molar-refractivity contribution >= 4 is 27.5 Å². The molecule has 94 valence electrons. The lowest BCUT2D eigenvalue weighted by Gasteiger charge is -2.18. The first-order valence-corrected chi connectivity index (χ1v) is 6.83. The van der Waals surface area contributed by atoms with E-state index in [9.17, 15) is 0 Å². The van der Waals surface area contributed by atoms with Crippen LogP contribution in [0.2, 0.25) is 5.02 Å². The van der Waals surface area contributed by atoms with Gasteiger partial charge in [-0.15, -0.1) is 0 Å². The van der Waals surface area contributed by atoms with Crippen molar-refractivity contribution in [2.24, 2.45) is 5.84 Å². The number of benzene rings is 2. The van der Waals surface area contributed by atoms with Crippen molar-refractivity contribution in [2.75, 3.05) is 0 Å². The van der Waals surface area contributed by atoms with E-state index in [1.165, 1.54) is 5.56 Å². The van der Waals surface area contributed by atoms with Gasteiger partial charge in [0.2, 0.25) is 0 Å². The third-order valence-corrected chi connectivity index (χ3v) is 3.81. The summed E-state index contributed by atoms with van der Waals surface area (Å²) >= 11 is 9.42. The molecule has 1 atom stereocenters. The van der Waals surface area contributed by atoms with E-state index in [0.717, 1.165) is 21.5 Å². The second kappa shape index (κ2) is 6.34. The first-order valence-electron chi connectivity index (χ1n) is 5.65. The van der Waals surface area contributed by atoms with Crippen LogP contribution in [0.5, 0.6) is 0 Å². The SMILES string of the molecule is NNC(Cc1ccc(Cl)cc1)c1ccccc1Br. The van der Waals surface area contributed by atoms with Crippen LogP contribution in [0.4, 0.5) is 0 Å². The highest BCUT2D eigenvalue weighted by molar-refractivity contribution is 9.10. The molecule has 0 fully saturated rings. The van der Waals surface area contributed by atoms with E-state index in [2.05, 4.69) is 27.4 Å². The van der Waals surface area contributed by atoms with Crippen LogP contribution in [0.15, 0.2) is 53.0 Å². The molecule has 0 saturated heterocycles. The Morgan fingerprint density at radius 2 is 1.78 bits per heavy atom. The summed E-state index contributed by atoms with van der Waals surface area (Å²) in [4.78, 5) is 0. The highest BCUT2D eigenvalue weighted by atomic mass is 79.9. The lowest BCUT2D eigenvalue weighted by Crippen LogP contribution is -2.29. The fourth-order valence-electron chi connectivity index (χ4n) is 1.87. The Bertz CT molecular complexity index is 513. The van der Waals surface area contributed by atoms with Crippen LogP contribution < -0.4 is 11.3 Å². The molecule has 0 heterocycles. The summed E-state index contributed by atoms with van der Waals surface area (Å²) in [6.07, 6.45) is 0.816. The molecule has 2 aromatic carbocycles. The van der Waals surface area contributed by atoms with Crippen LogP contribution in [0.3, 0.4) is 0 Å². The van der Waals surface area contributed by atoms with E-state index < -0.39 is 0 Å². The number of rotatable bonds is 4. The molecule has 0 bridgehead atoms. The second-order valence-corrected chi connectivity index (χ2v) is 5.36. The van der Waals surface area contributed by atoms with Crippen molar-refractivity contribution in [3.8, 4) is 0 Å². The fraction of sp³-hybridized carbons (Fsp3) is 0.143. The highest BCUT2D eigenvalue weighted by Gasteiger charge is 2.13. The Labute approximate surface area is 120 Å². The molecule has 0 radical (unpaired) electrons. The first-order chi connectivity index (χ1) is 8.70. The predicted molar refractivity (Wildman–Crippen MR) is 79.4 cm³/mol. The highest BCUT2D eigenvalue weighted by Crippen LogP contribution is 2.25. The van der Waals surface area contributed by atoms with Gasteiger partial charge in [-0.25, -0.2) is 0 Å². The van der Waals surface area contributed by atoms with E-state index in [-0.39, 0.29) is 6.04 Å². The van der Waals surface area contributed by atoms with Gasteiger partial charge in [0, 0.05) is 9.50 Å². The summed E-state index contributed by atoms with van der Waals surface area (Å²) in [5.74, 6) is 5.65. The van der Waals surface area contributed by atoms with Crippen LogP contribution in [0.1, 0.15) is 17.2 Å². The maximum Gasteiger partial charge on any atom is 0.0511 e. The van der Waals surface area contributed by atoms with Gasteiger partial charge in [0.15, 0.2) is 0 Å². The maximum atomic E-state index is 5.88. The molecule has 2 aromatic rings. The summed E-state index contributed by atoms with van der Waals surface area (Å²) in [6.45, 7) is 0. The minimum Gasteiger partial charge on any atom is -0.271 e. The smallest absolute Gasteiger partial charge is 0.0511 e. The molecular formula is C14H14BrClN2. The van der Waals surface area contributed by atoms with Gasteiger partial charge in [0.25, 0.3) is 0 Å². The van der Waals surface area contributed by atoms with Gasteiger partial charge in [-0.2, -0.15) is 0 Å². The molecule has 0 aliphatic heterocycles. The molecule has 2 rings (SSSR count). The van der Waals surface area contributed by atoms with Crippen LogP contribution in [0.25, 0.3) is 0 Å². The number of hydrogen-bond donors (Lipinski definition) is 2. The third kappa shape index (κ3) is 3.33. The zero-order valence-electron chi connectivity index (χ0n) is 9.74. The van der Waals surface area contributed by atoms with Crippen LogP contribution in [-0.2, 0) is 6.42 Å². The van der Waals surface area contributed by atoms with E-state index in [1.54, 1.807) is 0 Å². The molecular weight excluding hydrogens is 312 g/mol. The predicted octanol–water partition coefficient (Wildman–Crippen LogP) is 3.85. The van der Waals surface area contributed by atoms with E-state index in [1.807, 2.05) is 42.5 Å². The quantitative estimate of drug-likeness (QED) is 0.662. The Balaban J connectivity index is 2.20. The fourth-order valence-corrected chi connectivity index (χ4v) is 2.56. The number of nitrogens with one attached hydrogen (secondary N) is 1. The standard InChI is InChI=1S/C14H14BrClN2/c15-13-4-2-1-3-12(13)14(18-17)9-10-5-7-11(16)8-6-10/h1-8,14,18H,9,17H2. The van der Waals surface area contributed by atoms with Crippen molar-refractivity contribution in [2.45, 2.75) is 12.5 Å². The average molecular weight is 326 g/mol. The summed E-state index contributed by atoms with van der Waals surface area (Å²) < 4.78 is 1.06. The molecule has 4 heteroatoms. The van der Waals surface area contributed by atoms with Crippen molar-refractivity contribution in [3.63, 3.8) is 0 Å². The van der Waals surface area contributed by atoms with Crippen molar-refractivity contribution in [1.82, 2.24) is 5.43 Å². The molecule has 0 spiro atoms. The second-order valence-electron chi connectivity index (χ2n) is 4.07. The van der Waals surface area contributed by atoms with Gasteiger partial charge in [-0.05, 0) is 35.7 Å². The summed E-state index contributed by atoms with van der Waals surface area (Å²) in [5.41, 5.74) is 5.20. The monoisotopic (exact) mass is 324 g/mol. The minimum absolute atomic E-state index is 0.0711. The lowest BCUT2D eigenvalue weighted by atomic mass is 9.99. The molecule has 3 N–H and O–H groups in total. The number of hydrogen-bond acceptors (Lipinski definition) is 2. The minimum atomic E-state index is 0.0711. The summed E-state index contributed by atoms with van der Waals surface area (Å²) in [6, 6.07) is 16.0. The normalized spacial score (nSPS) is 12.4. The van der Waals surface area contributed by atoms with Gasteiger partial charge in [0.05, 0.1) is 6.04 Å². The van der Waals surface area contributed by atoms with Crippen molar-refractivity contribution in [1.29, 1.82) is 0 Å². The van der Waals surface area contributed by atoms with Crippen molar-refractivity contribution in [3.05, 3.63) is 69.2 Å². The van der Waals surface area contributed by atoms with Gasteiger partial charge in [0.1, 0.15) is 0 Å². The average Bonchev–Trinajstić information content (AvgIpc) is 2.39. The molecule has 0 aliphatic rings. The lowest BCUT2D eigenvalue weighted by molar-refractivity contribution is 0.550. The van der Waals surface area contributed by atoms with Crippen LogP contribution in [-0.4, -0.2) is 0 Å². The molecule has 18 heavy (non-hydrogen) atoms. The maximum absolute atomic E-state index is 5.88. The first kappa shape index (κ1) is 13.6. The number of nitrogens with two attached hydrogens (primary N) is 1. The zero-order valence-corrected chi connectivity index (χ0v) is 12.1. The molecule has 1 unspecified atom stereocenters. The van der Waals surface area contributed by atoms with E-state index >= 15 is 0 Å². The molecule has 2 nitrogen and oxygen atoms in total. The van der Waals surface area contributed by atoms with Crippen LogP contribution in [0, 0.1) is 0 Å². The Hall–Kier alpha value is -0.870. The van der Waals surface area contributed by atoms with Crippen molar-refractivity contribution < 1.29 is 0 Å². The van der Waals surface area contributed by atoms with Gasteiger partial charge >= 0.3 is 0 Å². The third-order valence-electron chi connectivity index (χ3n) is 2.83. The molecule has 0 amide bonds. The molecule has 0 aromatic heterocycles. The summed E-state index contributed by atoms with van der Waals surface area (Å²) in [7, 11) is 0. The summed E-state index contributed by atoms with van der Waals surface area (Å²) in [5, 5.41) is 0.747. The Morgan fingerprint density at radius 1 is 1.11 bits per heavy atom. The van der Waals surface area contributed by atoms with Gasteiger partial charge in [-0.3, -0.25) is 11.3 Å². The topological polar surface area (TPSA) is 38.0 Å². The number of halogens is 2. The molecule has 0 saturated carbocycles. The zero-order chi connectivity index (χ0) is 13.0.